The monoisotopic (exact) mass is 362 g/mol. The Balaban J connectivity index is 1.73. The van der Waals surface area contributed by atoms with Crippen molar-refractivity contribution in [3.8, 4) is 0 Å². The lowest BCUT2D eigenvalue weighted by atomic mass is 10.2. The maximum atomic E-state index is 13.8. The summed E-state index contributed by atoms with van der Waals surface area (Å²) in [6, 6.07) is 1.30. The van der Waals surface area contributed by atoms with Crippen molar-refractivity contribution in [2.45, 2.75) is 18.2 Å². The van der Waals surface area contributed by atoms with Gasteiger partial charge in [-0.05, 0) is 24.5 Å². The van der Waals surface area contributed by atoms with Gasteiger partial charge in [0.15, 0.2) is 17.5 Å². The minimum atomic E-state index is -4.28. The Kier molecular flexibility index (Phi) is 4.33. The molecule has 1 saturated heterocycles. The number of nitrogens with zero attached hydrogens (tertiary/aromatic N) is 2. The number of halogens is 3. The van der Waals surface area contributed by atoms with Crippen molar-refractivity contribution < 1.29 is 26.4 Å². The molecule has 3 rings (SSSR count). The van der Waals surface area contributed by atoms with E-state index in [1.807, 2.05) is 6.92 Å². The molecule has 0 N–H and O–H groups in total. The Morgan fingerprint density at radius 1 is 1.08 bits per heavy atom. The van der Waals surface area contributed by atoms with Crippen LogP contribution in [0.25, 0.3) is 0 Å². The molecule has 0 bridgehead atoms. The van der Waals surface area contributed by atoms with E-state index in [1.54, 1.807) is 4.90 Å². The van der Waals surface area contributed by atoms with E-state index in [2.05, 4.69) is 0 Å². The molecule has 132 valence electrons. The first-order valence-electron chi connectivity index (χ1n) is 7.66. The molecule has 1 aliphatic carbocycles. The molecular weight excluding hydrogens is 345 g/mol. The summed E-state index contributed by atoms with van der Waals surface area (Å²) in [6.07, 6.45) is 0.845. The van der Waals surface area contributed by atoms with Gasteiger partial charge in [-0.2, -0.15) is 4.31 Å². The summed E-state index contributed by atoms with van der Waals surface area (Å²) >= 11 is 0. The van der Waals surface area contributed by atoms with Gasteiger partial charge in [-0.3, -0.25) is 4.79 Å². The first kappa shape index (κ1) is 17.2. The van der Waals surface area contributed by atoms with E-state index in [-0.39, 0.29) is 38.0 Å². The molecule has 0 radical (unpaired) electrons. The summed E-state index contributed by atoms with van der Waals surface area (Å²) in [7, 11) is -4.28. The Bertz CT molecular complexity index is 776. The molecule has 1 aromatic carbocycles. The summed E-state index contributed by atoms with van der Waals surface area (Å²) in [4.78, 5) is 12.8. The van der Waals surface area contributed by atoms with Gasteiger partial charge in [-0.25, -0.2) is 21.6 Å². The molecule has 2 fully saturated rings. The Morgan fingerprint density at radius 2 is 1.67 bits per heavy atom. The average molecular weight is 362 g/mol. The van der Waals surface area contributed by atoms with Gasteiger partial charge in [0.05, 0.1) is 0 Å². The van der Waals surface area contributed by atoms with Crippen LogP contribution in [-0.4, -0.2) is 49.7 Å². The molecule has 2 atom stereocenters. The van der Waals surface area contributed by atoms with E-state index >= 15 is 0 Å². The van der Waals surface area contributed by atoms with Crippen LogP contribution in [0.5, 0.6) is 0 Å². The molecule has 1 heterocycles. The number of carbonyl (C=O) groups excluding carboxylic acids is 1. The summed E-state index contributed by atoms with van der Waals surface area (Å²) in [5, 5.41) is 0. The lowest BCUT2D eigenvalue weighted by Crippen LogP contribution is -2.51. The number of hydrogen-bond acceptors (Lipinski definition) is 3. The number of sulfonamides is 1. The first-order valence-corrected chi connectivity index (χ1v) is 9.10. The molecule has 24 heavy (non-hydrogen) atoms. The molecule has 1 amide bonds. The Hall–Kier alpha value is -1.61. The molecule has 1 aliphatic heterocycles. The first-order chi connectivity index (χ1) is 11.2. The quantitative estimate of drug-likeness (QED) is 0.768. The third-order valence-electron chi connectivity index (χ3n) is 4.59. The van der Waals surface area contributed by atoms with E-state index in [0.717, 1.165) is 10.7 Å². The minimum Gasteiger partial charge on any atom is -0.340 e. The lowest BCUT2D eigenvalue weighted by molar-refractivity contribution is -0.134. The van der Waals surface area contributed by atoms with Gasteiger partial charge in [0.25, 0.3) is 0 Å². The van der Waals surface area contributed by atoms with Gasteiger partial charge in [-0.1, -0.05) is 6.92 Å². The largest absolute Gasteiger partial charge is 0.340 e. The molecule has 0 spiro atoms. The fraction of sp³-hybridized carbons (Fsp3) is 0.533. The van der Waals surface area contributed by atoms with Crippen LogP contribution in [0.2, 0.25) is 0 Å². The predicted octanol–water partition coefficient (Wildman–Crippen LogP) is 1.59. The van der Waals surface area contributed by atoms with Crippen LogP contribution in [-0.2, 0) is 14.8 Å². The summed E-state index contributed by atoms with van der Waals surface area (Å²) in [5.41, 5.74) is 0. The third kappa shape index (κ3) is 2.90. The molecule has 5 nitrogen and oxygen atoms in total. The average Bonchev–Trinajstić information content (AvgIpc) is 3.28. The van der Waals surface area contributed by atoms with Crippen molar-refractivity contribution in [2.24, 2.45) is 11.8 Å². The number of carbonyl (C=O) groups is 1. The van der Waals surface area contributed by atoms with Crippen LogP contribution in [0.3, 0.4) is 0 Å². The van der Waals surface area contributed by atoms with Crippen molar-refractivity contribution in [2.75, 3.05) is 26.2 Å². The van der Waals surface area contributed by atoms with E-state index in [4.69, 9.17) is 0 Å². The van der Waals surface area contributed by atoms with Crippen molar-refractivity contribution in [3.05, 3.63) is 29.6 Å². The predicted molar refractivity (Wildman–Crippen MR) is 78.9 cm³/mol. The van der Waals surface area contributed by atoms with Crippen molar-refractivity contribution in [1.82, 2.24) is 9.21 Å². The van der Waals surface area contributed by atoms with Crippen LogP contribution < -0.4 is 0 Å². The fourth-order valence-electron chi connectivity index (χ4n) is 2.90. The van der Waals surface area contributed by atoms with Crippen LogP contribution in [0.15, 0.2) is 17.0 Å². The maximum Gasteiger partial charge on any atom is 0.246 e. The van der Waals surface area contributed by atoms with Gasteiger partial charge < -0.3 is 4.90 Å². The fourth-order valence-corrected chi connectivity index (χ4v) is 4.37. The highest BCUT2D eigenvalue weighted by Gasteiger charge is 2.43. The standard InChI is InChI=1S/C15H17F3N2O3S/c1-9-8-10(9)15(21)19-4-6-20(7-5-19)24(22,23)12-3-2-11(16)13(17)14(12)18/h2-3,9-10H,4-8H2,1H3/t9-,10+/m1/s1. The third-order valence-corrected chi connectivity index (χ3v) is 6.51. The highest BCUT2D eigenvalue weighted by molar-refractivity contribution is 7.89. The second-order valence-corrected chi connectivity index (χ2v) is 8.13. The van der Waals surface area contributed by atoms with Gasteiger partial charge in [0, 0.05) is 32.1 Å². The molecule has 1 aromatic rings. The number of rotatable bonds is 3. The highest BCUT2D eigenvalue weighted by Crippen LogP contribution is 2.39. The van der Waals surface area contributed by atoms with Gasteiger partial charge >= 0.3 is 0 Å². The van der Waals surface area contributed by atoms with E-state index in [0.29, 0.717) is 18.1 Å². The number of hydrogen-bond donors (Lipinski definition) is 0. The van der Waals surface area contributed by atoms with E-state index < -0.39 is 32.4 Å². The SMILES string of the molecule is C[C@@H]1C[C@@H]1C(=O)N1CCN(S(=O)(=O)c2ccc(F)c(F)c2F)CC1. The van der Waals surface area contributed by atoms with E-state index in [9.17, 15) is 26.4 Å². The van der Waals surface area contributed by atoms with Crippen LogP contribution in [0.4, 0.5) is 13.2 Å². The number of amides is 1. The Labute approximate surface area is 138 Å². The van der Waals surface area contributed by atoms with Gasteiger partial charge in [0.1, 0.15) is 4.90 Å². The van der Waals surface area contributed by atoms with Gasteiger partial charge in [0.2, 0.25) is 15.9 Å². The maximum absolute atomic E-state index is 13.8. The zero-order chi connectivity index (χ0) is 17.6. The second-order valence-electron chi connectivity index (χ2n) is 6.22. The number of piperazine rings is 1. The summed E-state index contributed by atoms with van der Waals surface area (Å²) in [5.74, 6) is -4.60. The van der Waals surface area contributed by atoms with Crippen molar-refractivity contribution in [1.29, 1.82) is 0 Å². The highest BCUT2D eigenvalue weighted by atomic mass is 32.2. The molecule has 0 aromatic heterocycles. The van der Waals surface area contributed by atoms with Gasteiger partial charge in [-0.15, -0.1) is 0 Å². The van der Waals surface area contributed by atoms with E-state index in [1.165, 1.54) is 0 Å². The molecule has 2 aliphatic rings. The normalized spacial score (nSPS) is 24.9. The second kappa shape index (κ2) is 6.03. The molecular formula is C15H17F3N2O3S. The van der Waals surface area contributed by atoms with Crippen LogP contribution >= 0.6 is 0 Å². The molecule has 0 unspecified atom stereocenters. The van der Waals surface area contributed by atoms with Crippen molar-refractivity contribution in [3.63, 3.8) is 0 Å². The van der Waals surface area contributed by atoms with Crippen LogP contribution in [0, 0.1) is 29.3 Å². The van der Waals surface area contributed by atoms with Crippen molar-refractivity contribution >= 4 is 15.9 Å². The zero-order valence-electron chi connectivity index (χ0n) is 13.0. The minimum absolute atomic E-state index is 0.00634. The summed E-state index contributed by atoms with van der Waals surface area (Å²) in [6.45, 7) is 2.37. The smallest absolute Gasteiger partial charge is 0.246 e. The summed E-state index contributed by atoms with van der Waals surface area (Å²) < 4.78 is 65.9. The number of benzene rings is 1. The zero-order valence-corrected chi connectivity index (χ0v) is 13.8. The van der Waals surface area contributed by atoms with Crippen LogP contribution in [0.1, 0.15) is 13.3 Å². The lowest BCUT2D eigenvalue weighted by Gasteiger charge is -2.34. The molecule has 9 heteroatoms. The Morgan fingerprint density at radius 3 is 2.21 bits per heavy atom. The topological polar surface area (TPSA) is 57.7 Å². The molecule has 1 saturated carbocycles.